The Bertz CT molecular complexity index is 361. The number of hydrogen-bond acceptors (Lipinski definition) is 1. The molecule has 1 heterocycles. The van der Waals surface area contributed by atoms with Gasteiger partial charge in [0.05, 0.1) is 15.9 Å². The van der Waals surface area contributed by atoms with Gasteiger partial charge >= 0.3 is 0 Å². The van der Waals surface area contributed by atoms with E-state index in [0.29, 0.717) is 5.92 Å². The summed E-state index contributed by atoms with van der Waals surface area (Å²) < 4.78 is 3.30. The van der Waals surface area contributed by atoms with Crippen molar-refractivity contribution in [1.82, 2.24) is 9.78 Å². The number of halogens is 2. The average Bonchev–Trinajstić information content (AvgIpc) is 2.55. The lowest BCUT2D eigenvalue weighted by atomic mass is 10.00. The maximum atomic E-state index is 6.05. The highest BCUT2D eigenvalue weighted by atomic mass is 79.9. The molecule has 2 nitrogen and oxygen atoms in total. The highest BCUT2D eigenvalue weighted by Crippen LogP contribution is 2.26. The van der Waals surface area contributed by atoms with Crippen molar-refractivity contribution in [3.05, 3.63) is 15.9 Å². The summed E-state index contributed by atoms with van der Waals surface area (Å²) in [7, 11) is 0. The van der Waals surface area contributed by atoms with Gasteiger partial charge in [0, 0.05) is 11.9 Å². The fourth-order valence-electron chi connectivity index (χ4n) is 2.18. The normalized spacial score (nSPS) is 14.9. The van der Waals surface area contributed by atoms with Crippen molar-refractivity contribution >= 4 is 27.5 Å². The van der Waals surface area contributed by atoms with E-state index in [1.807, 2.05) is 0 Å². The van der Waals surface area contributed by atoms with Crippen LogP contribution in [0, 0.1) is 5.92 Å². The van der Waals surface area contributed by atoms with Gasteiger partial charge in [0.2, 0.25) is 0 Å². The van der Waals surface area contributed by atoms with Gasteiger partial charge in [-0.15, -0.1) is 11.6 Å². The van der Waals surface area contributed by atoms with Crippen molar-refractivity contribution in [1.29, 1.82) is 0 Å². The Morgan fingerprint density at radius 3 is 2.47 bits per heavy atom. The molecule has 2 atom stereocenters. The Labute approximate surface area is 118 Å². The van der Waals surface area contributed by atoms with E-state index in [1.54, 1.807) is 0 Å². The van der Waals surface area contributed by atoms with Gasteiger partial charge in [-0.25, -0.2) is 0 Å². The van der Waals surface area contributed by atoms with Crippen molar-refractivity contribution in [3.63, 3.8) is 0 Å². The molecule has 0 amide bonds. The van der Waals surface area contributed by atoms with Crippen molar-refractivity contribution < 1.29 is 0 Å². The van der Waals surface area contributed by atoms with Gasteiger partial charge in [-0.1, -0.05) is 13.8 Å². The first-order chi connectivity index (χ1) is 7.99. The topological polar surface area (TPSA) is 17.8 Å². The number of nitrogens with zero attached hydrogens (tertiary/aromatic N) is 2. The van der Waals surface area contributed by atoms with Gasteiger partial charge < -0.3 is 0 Å². The molecule has 98 valence electrons. The van der Waals surface area contributed by atoms with Crippen molar-refractivity contribution in [3.8, 4) is 0 Å². The number of hydrogen-bond donors (Lipinski definition) is 0. The molecule has 0 aliphatic rings. The standard InChI is InChI=1S/C13H22BrClN2/c1-5-11-13(14)12(17(6-2)16-11)8-9(3)7-10(4)15/h9-10H,5-8H2,1-4H3. The molecule has 0 radical (unpaired) electrons. The van der Waals surface area contributed by atoms with Crippen LogP contribution in [-0.2, 0) is 19.4 Å². The predicted octanol–water partition coefficient (Wildman–Crippen LogP) is 4.42. The molecule has 0 aliphatic heterocycles. The largest absolute Gasteiger partial charge is 0.268 e. The van der Waals surface area contributed by atoms with Crippen molar-refractivity contribution in [2.75, 3.05) is 0 Å². The van der Waals surface area contributed by atoms with Crippen LogP contribution in [0.25, 0.3) is 0 Å². The lowest BCUT2D eigenvalue weighted by molar-refractivity contribution is 0.494. The maximum absolute atomic E-state index is 6.05. The van der Waals surface area contributed by atoms with Crippen molar-refractivity contribution in [2.45, 2.75) is 58.9 Å². The summed E-state index contributed by atoms with van der Waals surface area (Å²) in [6.07, 6.45) is 3.06. The van der Waals surface area contributed by atoms with Crippen LogP contribution in [0.5, 0.6) is 0 Å². The second kappa shape index (κ2) is 6.79. The molecule has 1 rings (SSSR count). The monoisotopic (exact) mass is 320 g/mol. The molecular formula is C13H22BrClN2. The molecule has 0 saturated heterocycles. The van der Waals surface area contributed by atoms with Crippen LogP contribution in [0.4, 0.5) is 0 Å². The minimum absolute atomic E-state index is 0.243. The average molecular weight is 322 g/mol. The van der Waals surface area contributed by atoms with E-state index in [0.717, 1.165) is 31.5 Å². The Morgan fingerprint density at radius 1 is 1.35 bits per heavy atom. The number of aryl methyl sites for hydroxylation is 2. The van der Waals surface area contributed by atoms with E-state index in [-0.39, 0.29) is 5.38 Å². The van der Waals surface area contributed by atoms with Gasteiger partial charge in [-0.3, -0.25) is 4.68 Å². The molecule has 1 aromatic rings. The zero-order chi connectivity index (χ0) is 13.0. The third kappa shape index (κ3) is 3.99. The molecule has 2 unspecified atom stereocenters. The fourth-order valence-corrected chi connectivity index (χ4v) is 3.21. The van der Waals surface area contributed by atoms with Gasteiger partial charge in [0.25, 0.3) is 0 Å². The van der Waals surface area contributed by atoms with Crippen molar-refractivity contribution in [2.24, 2.45) is 5.92 Å². The number of alkyl halides is 1. The quantitative estimate of drug-likeness (QED) is 0.709. The Hall–Kier alpha value is -0.0200. The summed E-state index contributed by atoms with van der Waals surface area (Å²) in [5.41, 5.74) is 2.47. The zero-order valence-corrected chi connectivity index (χ0v) is 13.5. The smallest absolute Gasteiger partial charge is 0.0766 e. The van der Waals surface area contributed by atoms with Crippen LogP contribution in [0.15, 0.2) is 4.47 Å². The Kier molecular flexibility index (Phi) is 6.01. The van der Waals surface area contributed by atoms with Crippen LogP contribution >= 0.6 is 27.5 Å². The van der Waals surface area contributed by atoms with E-state index in [1.165, 1.54) is 10.2 Å². The summed E-state index contributed by atoms with van der Waals surface area (Å²) in [4.78, 5) is 0. The van der Waals surface area contributed by atoms with Crippen LogP contribution in [0.2, 0.25) is 0 Å². The summed E-state index contributed by atoms with van der Waals surface area (Å²) in [6, 6.07) is 0. The highest BCUT2D eigenvalue weighted by Gasteiger charge is 2.17. The minimum Gasteiger partial charge on any atom is -0.268 e. The lowest BCUT2D eigenvalue weighted by Crippen LogP contribution is -2.10. The van der Waals surface area contributed by atoms with Gasteiger partial charge in [-0.2, -0.15) is 5.10 Å². The molecule has 0 N–H and O–H groups in total. The second-order valence-electron chi connectivity index (χ2n) is 4.70. The van der Waals surface area contributed by atoms with Crippen LogP contribution < -0.4 is 0 Å². The summed E-state index contributed by atoms with van der Waals surface area (Å²) >= 11 is 9.73. The molecular weight excluding hydrogens is 300 g/mol. The summed E-state index contributed by atoms with van der Waals surface area (Å²) in [6.45, 7) is 9.51. The number of aromatic nitrogens is 2. The third-order valence-corrected chi connectivity index (χ3v) is 4.06. The molecule has 0 fully saturated rings. The molecule has 0 saturated carbocycles. The molecule has 4 heteroatoms. The van der Waals surface area contributed by atoms with Crippen LogP contribution in [-0.4, -0.2) is 15.2 Å². The highest BCUT2D eigenvalue weighted by molar-refractivity contribution is 9.10. The predicted molar refractivity (Wildman–Crippen MR) is 77.8 cm³/mol. The first-order valence-electron chi connectivity index (χ1n) is 6.37. The molecule has 0 aromatic carbocycles. The molecule has 0 aliphatic carbocycles. The Morgan fingerprint density at radius 2 is 2.00 bits per heavy atom. The van der Waals surface area contributed by atoms with Crippen LogP contribution in [0.3, 0.4) is 0 Å². The molecule has 0 spiro atoms. The molecule has 17 heavy (non-hydrogen) atoms. The van der Waals surface area contributed by atoms with Crippen LogP contribution in [0.1, 0.15) is 45.5 Å². The van der Waals surface area contributed by atoms with Gasteiger partial charge in [-0.05, 0) is 55.0 Å². The van der Waals surface area contributed by atoms with E-state index < -0.39 is 0 Å². The first-order valence-corrected chi connectivity index (χ1v) is 7.60. The SMILES string of the molecule is CCc1nn(CC)c(CC(C)CC(C)Cl)c1Br. The zero-order valence-electron chi connectivity index (χ0n) is 11.1. The lowest BCUT2D eigenvalue weighted by Gasteiger charge is -2.14. The van der Waals surface area contributed by atoms with E-state index >= 15 is 0 Å². The van der Waals surface area contributed by atoms with Gasteiger partial charge in [0.15, 0.2) is 0 Å². The van der Waals surface area contributed by atoms with E-state index in [4.69, 9.17) is 11.6 Å². The number of rotatable bonds is 6. The fraction of sp³-hybridized carbons (Fsp3) is 0.769. The van der Waals surface area contributed by atoms with E-state index in [9.17, 15) is 0 Å². The Balaban J connectivity index is 2.85. The minimum atomic E-state index is 0.243. The molecule has 0 bridgehead atoms. The molecule has 1 aromatic heterocycles. The van der Waals surface area contributed by atoms with E-state index in [2.05, 4.69) is 53.4 Å². The van der Waals surface area contributed by atoms with Gasteiger partial charge in [0.1, 0.15) is 0 Å². The summed E-state index contributed by atoms with van der Waals surface area (Å²) in [5.74, 6) is 0.588. The maximum Gasteiger partial charge on any atom is 0.0766 e. The first kappa shape index (κ1) is 15.0. The second-order valence-corrected chi connectivity index (χ2v) is 6.24. The third-order valence-electron chi connectivity index (χ3n) is 2.96. The summed E-state index contributed by atoms with van der Waals surface area (Å²) in [5, 5.41) is 4.86.